The summed E-state index contributed by atoms with van der Waals surface area (Å²) in [5.41, 5.74) is 4.98. The molecular weight excluding hydrogens is 312 g/mol. The van der Waals surface area contributed by atoms with Gasteiger partial charge >= 0.3 is 0 Å². The van der Waals surface area contributed by atoms with Crippen LogP contribution in [0.25, 0.3) is 0 Å². The molecule has 0 saturated heterocycles. The summed E-state index contributed by atoms with van der Waals surface area (Å²) in [7, 11) is 3.00. The van der Waals surface area contributed by atoms with Gasteiger partial charge in [-0.2, -0.15) is 0 Å². The number of rotatable bonds is 0. The van der Waals surface area contributed by atoms with Gasteiger partial charge < -0.3 is 15.3 Å². The van der Waals surface area contributed by atoms with Gasteiger partial charge in [0, 0.05) is 43.0 Å². The van der Waals surface area contributed by atoms with Crippen molar-refractivity contribution in [1.82, 2.24) is 0 Å². The van der Waals surface area contributed by atoms with E-state index >= 15 is 0 Å². The normalized spacial score (nSPS) is 31.8. The summed E-state index contributed by atoms with van der Waals surface area (Å²) < 4.78 is 0. The van der Waals surface area contributed by atoms with E-state index < -0.39 is 0 Å². The van der Waals surface area contributed by atoms with E-state index in [1.807, 2.05) is 0 Å². The first-order valence-electron chi connectivity index (χ1n) is 7.71. The molecule has 2 rings (SSSR count). The second kappa shape index (κ2) is 13.5. The number of aliphatic hydroxyl groups excluding tert-OH is 3. The van der Waals surface area contributed by atoms with E-state index in [2.05, 4.69) is 47.6 Å². The molecule has 0 aliphatic heterocycles. The molecule has 5 atom stereocenters. The van der Waals surface area contributed by atoms with Crippen LogP contribution in [0, 0.1) is 29.6 Å². The second-order valence-electron chi connectivity index (χ2n) is 5.82. The molecule has 0 radical (unpaired) electrons. The molecule has 2 aliphatic carbocycles. The van der Waals surface area contributed by atoms with E-state index in [4.69, 9.17) is 15.3 Å². The molecule has 0 saturated carbocycles. The van der Waals surface area contributed by atoms with Gasteiger partial charge in [-0.25, -0.2) is 0 Å². The Hall–Kier alpha value is 0.0743. The molecule has 0 spiro atoms. The van der Waals surface area contributed by atoms with Gasteiger partial charge in [0.25, 0.3) is 0 Å². The first-order chi connectivity index (χ1) is 9.95. The Bertz CT molecular complexity index is 350. The van der Waals surface area contributed by atoms with Crippen LogP contribution in [-0.2, 0) is 21.7 Å². The van der Waals surface area contributed by atoms with Crippen LogP contribution in [0.3, 0.4) is 0 Å². The molecule has 0 aromatic rings. The summed E-state index contributed by atoms with van der Waals surface area (Å²) in [4.78, 5) is 0. The van der Waals surface area contributed by atoms with E-state index in [1.165, 1.54) is 0 Å². The van der Waals surface area contributed by atoms with Gasteiger partial charge in [-0.05, 0) is 42.1 Å². The Labute approximate surface area is 152 Å². The van der Waals surface area contributed by atoms with Crippen molar-refractivity contribution in [2.24, 2.45) is 29.6 Å². The van der Waals surface area contributed by atoms with Crippen LogP contribution in [0.1, 0.15) is 41.5 Å². The van der Waals surface area contributed by atoms with Gasteiger partial charge in [0.1, 0.15) is 0 Å². The monoisotopic (exact) mass is 348 g/mol. The van der Waals surface area contributed by atoms with Gasteiger partial charge in [-0.3, -0.25) is 0 Å². The van der Waals surface area contributed by atoms with Crippen LogP contribution >= 0.6 is 0 Å². The number of allylic oxidation sites excluding steroid dienone is 4. The zero-order valence-corrected chi connectivity index (χ0v) is 17.4. The number of aliphatic hydroxyl groups is 3. The zero-order valence-electron chi connectivity index (χ0n) is 15.8. The van der Waals surface area contributed by atoms with Crippen LogP contribution in [-0.4, -0.2) is 36.6 Å². The van der Waals surface area contributed by atoms with Crippen LogP contribution in [0.5, 0.6) is 0 Å². The zero-order chi connectivity index (χ0) is 17.3. The van der Waals surface area contributed by atoms with Crippen molar-refractivity contribution in [2.75, 3.05) is 21.3 Å². The van der Waals surface area contributed by atoms with E-state index in [9.17, 15) is 0 Å². The summed E-state index contributed by atoms with van der Waals surface area (Å²) in [6.07, 6.45) is 2.46. The van der Waals surface area contributed by atoms with E-state index in [1.54, 1.807) is 16.7 Å². The van der Waals surface area contributed by atoms with E-state index in [0.29, 0.717) is 5.92 Å². The Morgan fingerprint density at radius 2 is 1.09 bits per heavy atom. The number of hydrogen-bond acceptors (Lipinski definition) is 3. The summed E-state index contributed by atoms with van der Waals surface area (Å²) in [6.45, 7) is 14.3. The molecule has 5 unspecified atom stereocenters. The van der Waals surface area contributed by atoms with Crippen molar-refractivity contribution < 1.29 is 37.0 Å². The quantitative estimate of drug-likeness (QED) is 0.589. The molecule has 2 aliphatic rings. The predicted molar refractivity (Wildman–Crippen MR) is 91.0 cm³/mol. The maximum atomic E-state index is 7.00. The third-order valence-electron chi connectivity index (χ3n) is 5.25. The summed E-state index contributed by atoms with van der Waals surface area (Å²) in [5.74, 6) is 3.89. The summed E-state index contributed by atoms with van der Waals surface area (Å²) >= 11 is 0. The molecule has 0 aromatic heterocycles. The third-order valence-corrected chi connectivity index (χ3v) is 5.25. The van der Waals surface area contributed by atoms with Crippen LogP contribution < -0.4 is 0 Å². The minimum Gasteiger partial charge on any atom is -0.400 e. The molecule has 0 bridgehead atoms. The van der Waals surface area contributed by atoms with Crippen LogP contribution in [0.2, 0.25) is 0 Å². The molecule has 22 heavy (non-hydrogen) atoms. The predicted octanol–water partition coefficient (Wildman–Crippen LogP) is 3.26. The minimum absolute atomic E-state index is 0. The van der Waals surface area contributed by atoms with Crippen molar-refractivity contribution in [1.29, 1.82) is 0 Å². The van der Waals surface area contributed by atoms with Gasteiger partial charge in [0.15, 0.2) is 0 Å². The Kier molecular flexibility index (Phi) is 16.5. The first kappa shape index (κ1) is 26.9. The third kappa shape index (κ3) is 5.61. The molecule has 130 valence electrons. The maximum absolute atomic E-state index is 7.00. The fourth-order valence-corrected chi connectivity index (χ4v) is 3.48. The van der Waals surface area contributed by atoms with Crippen molar-refractivity contribution in [3.63, 3.8) is 0 Å². The molecule has 4 heteroatoms. The number of hydrogen-bond donors (Lipinski definition) is 3. The molecule has 0 amide bonds. The molecule has 0 fully saturated rings. The Balaban J connectivity index is -0.000000463. The molecule has 3 N–H and O–H groups in total. The fourth-order valence-electron chi connectivity index (χ4n) is 3.48. The minimum atomic E-state index is 0. The van der Waals surface area contributed by atoms with E-state index in [-0.39, 0.29) is 21.7 Å². The molecule has 0 heterocycles. The van der Waals surface area contributed by atoms with Gasteiger partial charge in [0.2, 0.25) is 0 Å². The fraction of sp³-hybridized carbons (Fsp3) is 0.778. The van der Waals surface area contributed by atoms with Gasteiger partial charge in [-0.15, -0.1) is 0 Å². The standard InChI is InChI=1S/C15H24.3CH4O.Ti/c1-8-7-14-12(5)10(3)11(4)13(6)15(14)9(8)2;3*1-2;/h7,9-13H,1-6H3;3*2H,1H3;. The van der Waals surface area contributed by atoms with Crippen molar-refractivity contribution in [3.05, 3.63) is 22.8 Å². The summed E-state index contributed by atoms with van der Waals surface area (Å²) in [5, 5.41) is 21.0. The van der Waals surface area contributed by atoms with Crippen LogP contribution in [0.15, 0.2) is 22.8 Å². The van der Waals surface area contributed by atoms with Crippen molar-refractivity contribution in [3.8, 4) is 0 Å². The van der Waals surface area contributed by atoms with Gasteiger partial charge in [0.05, 0.1) is 0 Å². The average Bonchev–Trinajstić information content (AvgIpc) is 2.85. The topological polar surface area (TPSA) is 60.7 Å². The van der Waals surface area contributed by atoms with Gasteiger partial charge in [-0.1, -0.05) is 51.8 Å². The van der Waals surface area contributed by atoms with Crippen LogP contribution in [0.4, 0.5) is 0 Å². The van der Waals surface area contributed by atoms with Crippen molar-refractivity contribution in [2.45, 2.75) is 41.5 Å². The summed E-state index contributed by atoms with van der Waals surface area (Å²) in [6, 6.07) is 0. The van der Waals surface area contributed by atoms with Crippen molar-refractivity contribution >= 4 is 0 Å². The Morgan fingerprint density at radius 1 is 0.727 bits per heavy atom. The maximum Gasteiger partial charge on any atom is 0.0319 e. The Morgan fingerprint density at radius 3 is 1.50 bits per heavy atom. The second-order valence-corrected chi connectivity index (χ2v) is 5.82. The largest absolute Gasteiger partial charge is 0.400 e. The van der Waals surface area contributed by atoms with E-state index in [0.717, 1.165) is 45.0 Å². The first-order valence-corrected chi connectivity index (χ1v) is 7.71. The molecule has 0 aromatic carbocycles. The SMILES string of the molecule is CC1=CC2=C(C1C)C(C)C(C)C(C)C2C.CO.CO.CO.[Ti]. The smallest absolute Gasteiger partial charge is 0.0319 e. The molecule has 3 nitrogen and oxygen atoms in total. The average molecular weight is 348 g/mol. The molecular formula is C18H36O3Ti.